The molecule has 1 aliphatic heterocycles. The highest BCUT2D eigenvalue weighted by Gasteiger charge is 2.15. The van der Waals surface area contributed by atoms with Crippen molar-refractivity contribution in [2.75, 3.05) is 0 Å². The summed E-state index contributed by atoms with van der Waals surface area (Å²) in [5, 5.41) is 12.4. The third-order valence-electron chi connectivity index (χ3n) is 4.37. The lowest BCUT2D eigenvalue weighted by atomic mass is 10.1. The van der Waals surface area contributed by atoms with E-state index in [1.807, 2.05) is 50.3 Å². The Morgan fingerprint density at radius 2 is 1.78 bits per heavy atom. The molecule has 0 atom stereocenters. The zero-order chi connectivity index (χ0) is 19.1. The van der Waals surface area contributed by atoms with Gasteiger partial charge in [0.15, 0.2) is 0 Å². The van der Waals surface area contributed by atoms with Gasteiger partial charge in [-0.05, 0) is 55.3 Å². The van der Waals surface area contributed by atoms with E-state index in [0.29, 0.717) is 11.4 Å². The number of nitrogens with one attached hydrogen (secondary N) is 1. The van der Waals surface area contributed by atoms with Gasteiger partial charge in [-0.25, -0.2) is 14.4 Å². The molecule has 6 nitrogen and oxygen atoms in total. The van der Waals surface area contributed by atoms with Crippen LogP contribution in [0.15, 0.2) is 62.7 Å². The number of fused-ring (bicyclic) bond motifs is 1. The van der Waals surface area contributed by atoms with Crippen LogP contribution in [0.2, 0.25) is 0 Å². The van der Waals surface area contributed by atoms with Crippen LogP contribution in [0.3, 0.4) is 0 Å². The third-order valence-corrected chi connectivity index (χ3v) is 4.37. The molecule has 0 unspecified atom stereocenters. The predicted molar refractivity (Wildman–Crippen MR) is 103 cm³/mol. The summed E-state index contributed by atoms with van der Waals surface area (Å²) in [6, 6.07) is 13.1. The van der Waals surface area contributed by atoms with Gasteiger partial charge in [-0.15, -0.1) is 0 Å². The number of benzene rings is 2. The second-order valence-corrected chi connectivity index (χ2v) is 6.56. The first kappa shape index (κ1) is 16.8. The third kappa shape index (κ3) is 3.01. The molecule has 0 bridgehead atoms. The van der Waals surface area contributed by atoms with E-state index >= 15 is 0 Å². The van der Waals surface area contributed by atoms with Gasteiger partial charge in [-0.1, -0.05) is 24.3 Å². The van der Waals surface area contributed by atoms with Crippen molar-refractivity contribution in [1.29, 1.82) is 0 Å². The maximum absolute atomic E-state index is 12.3. The lowest BCUT2D eigenvalue weighted by Gasteiger charge is -2.11. The van der Waals surface area contributed by atoms with Crippen molar-refractivity contribution in [2.45, 2.75) is 13.8 Å². The Balaban J connectivity index is 1.93. The Morgan fingerprint density at radius 1 is 1.07 bits per heavy atom. The van der Waals surface area contributed by atoms with Crippen molar-refractivity contribution in [2.24, 2.45) is 4.99 Å². The lowest BCUT2D eigenvalue weighted by molar-refractivity contribution is 0.429. The van der Waals surface area contributed by atoms with Gasteiger partial charge in [0, 0.05) is 5.22 Å². The number of aryl methyl sites for hydroxylation is 2. The van der Waals surface area contributed by atoms with Crippen molar-refractivity contribution in [3.05, 3.63) is 96.3 Å². The number of nitrogens with zero attached hydrogens (tertiary/aromatic N) is 2. The number of allylic oxidation sites excluding steroid dienone is 1. The summed E-state index contributed by atoms with van der Waals surface area (Å²) in [7, 11) is 0. The number of rotatable bonds is 2. The van der Waals surface area contributed by atoms with Crippen LogP contribution < -0.4 is 21.8 Å². The van der Waals surface area contributed by atoms with Crippen molar-refractivity contribution in [3.8, 4) is 11.6 Å². The molecule has 0 spiro atoms. The second-order valence-electron chi connectivity index (χ2n) is 6.56. The van der Waals surface area contributed by atoms with Gasteiger partial charge in [-0.3, -0.25) is 9.78 Å². The number of hydrogen-bond donors (Lipinski definition) is 2. The fraction of sp³-hybridized carbons (Fsp3) is 0.0952. The van der Waals surface area contributed by atoms with Gasteiger partial charge in [0.2, 0.25) is 5.88 Å². The molecule has 27 heavy (non-hydrogen) atoms. The van der Waals surface area contributed by atoms with Crippen LogP contribution >= 0.6 is 0 Å². The fourth-order valence-corrected chi connectivity index (χ4v) is 3.25. The van der Waals surface area contributed by atoms with Crippen molar-refractivity contribution >= 4 is 12.2 Å². The van der Waals surface area contributed by atoms with E-state index in [9.17, 15) is 14.7 Å². The second kappa shape index (κ2) is 6.25. The first-order valence-electron chi connectivity index (χ1n) is 8.46. The summed E-state index contributed by atoms with van der Waals surface area (Å²) in [6.45, 7) is 3.80. The molecular weight excluding hydrogens is 342 g/mol. The SMILES string of the molecule is Cc1cc(C)cc(-n2c(O)c(C=C3C=c4ccccc4=N3)c(=O)[nH]c2=O)c1. The van der Waals surface area contributed by atoms with Gasteiger partial charge in [-0.2, -0.15) is 0 Å². The number of H-pyrrole nitrogens is 1. The first-order chi connectivity index (χ1) is 12.9. The highest BCUT2D eigenvalue weighted by Crippen LogP contribution is 2.21. The monoisotopic (exact) mass is 359 g/mol. The Kier molecular flexibility index (Phi) is 3.88. The molecule has 0 aliphatic carbocycles. The molecule has 0 saturated heterocycles. The van der Waals surface area contributed by atoms with E-state index in [1.165, 1.54) is 6.08 Å². The summed E-state index contributed by atoms with van der Waals surface area (Å²) in [5.74, 6) is -0.416. The number of aromatic hydroxyl groups is 1. The van der Waals surface area contributed by atoms with Crippen LogP contribution in [0.25, 0.3) is 17.8 Å². The molecule has 0 fully saturated rings. The molecule has 6 heteroatoms. The Morgan fingerprint density at radius 3 is 2.48 bits per heavy atom. The number of aromatic amines is 1. The summed E-state index contributed by atoms with van der Waals surface area (Å²) >= 11 is 0. The quantitative estimate of drug-likeness (QED) is 0.723. The minimum absolute atomic E-state index is 0.0171. The average Bonchev–Trinajstić information content (AvgIpc) is 3.00. The van der Waals surface area contributed by atoms with Crippen LogP contribution in [0.1, 0.15) is 16.7 Å². The summed E-state index contributed by atoms with van der Waals surface area (Å²) in [4.78, 5) is 31.4. The van der Waals surface area contributed by atoms with Crippen molar-refractivity contribution in [1.82, 2.24) is 9.55 Å². The molecule has 3 aromatic rings. The van der Waals surface area contributed by atoms with Crippen molar-refractivity contribution < 1.29 is 5.11 Å². The first-order valence-corrected chi connectivity index (χ1v) is 8.46. The lowest BCUT2D eigenvalue weighted by Crippen LogP contribution is -2.30. The van der Waals surface area contributed by atoms with Gasteiger partial charge in [0.1, 0.15) is 5.56 Å². The van der Waals surface area contributed by atoms with Crippen LogP contribution in [0, 0.1) is 13.8 Å². The standard InChI is InChI=1S/C21H17N3O3/c1-12-7-13(2)9-16(8-12)24-20(26)17(19(25)23-21(24)27)11-15-10-14-5-3-4-6-18(14)22-15/h3-11,26H,1-2H3,(H,23,25,27). The minimum Gasteiger partial charge on any atom is -0.494 e. The van der Waals surface area contributed by atoms with Gasteiger partial charge >= 0.3 is 5.69 Å². The zero-order valence-electron chi connectivity index (χ0n) is 14.9. The van der Waals surface area contributed by atoms with Crippen LogP contribution in [0.4, 0.5) is 0 Å². The van der Waals surface area contributed by atoms with Crippen molar-refractivity contribution in [3.63, 3.8) is 0 Å². The molecule has 1 aromatic heterocycles. The smallest absolute Gasteiger partial charge is 0.335 e. The maximum atomic E-state index is 12.3. The van der Waals surface area contributed by atoms with E-state index in [1.54, 1.807) is 12.1 Å². The van der Waals surface area contributed by atoms with Gasteiger partial charge in [0.05, 0.1) is 16.7 Å². The molecular formula is C21H17N3O3. The number of aromatic nitrogens is 2. The molecule has 0 radical (unpaired) electrons. The predicted octanol–water partition coefficient (Wildman–Crippen LogP) is 1.30. The molecule has 0 amide bonds. The molecule has 2 N–H and O–H groups in total. The molecule has 2 heterocycles. The largest absolute Gasteiger partial charge is 0.494 e. The van der Waals surface area contributed by atoms with Crippen LogP contribution in [0.5, 0.6) is 5.88 Å². The highest BCUT2D eigenvalue weighted by molar-refractivity contribution is 5.67. The highest BCUT2D eigenvalue weighted by atomic mass is 16.3. The zero-order valence-corrected chi connectivity index (χ0v) is 14.9. The average molecular weight is 359 g/mol. The topological polar surface area (TPSA) is 87.4 Å². The molecule has 1 aliphatic rings. The fourth-order valence-electron chi connectivity index (χ4n) is 3.25. The van der Waals surface area contributed by atoms with E-state index in [0.717, 1.165) is 26.3 Å². The summed E-state index contributed by atoms with van der Waals surface area (Å²) in [6.07, 6.45) is 3.30. The van der Waals surface area contributed by atoms with Gasteiger partial charge < -0.3 is 5.11 Å². The Labute approximate surface area is 154 Å². The number of hydrogen-bond acceptors (Lipinski definition) is 4. The van der Waals surface area contributed by atoms with E-state index < -0.39 is 17.1 Å². The number of para-hydroxylation sites is 1. The minimum atomic E-state index is -0.694. The van der Waals surface area contributed by atoms with Crippen LogP contribution in [-0.4, -0.2) is 14.7 Å². The maximum Gasteiger partial charge on any atom is 0.335 e. The molecule has 134 valence electrons. The Hall–Kier alpha value is -3.67. The van der Waals surface area contributed by atoms with Gasteiger partial charge in [0.25, 0.3) is 5.56 Å². The van der Waals surface area contributed by atoms with E-state index in [2.05, 4.69) is 9.98 Å². The normalized spacial score (nSPS) is 13.9. The molecule has 2 aromatic carbocycles. The van der Waals surface area contributed by atoms with E-state index in [4.69, 9.17) is 0 Å². The molecule has 4 rings (SSSR count). The Bertz CT molecular complexity index is 1290. The summed E-state index contributed by atoms with van der Waals surface area (Å²) < 4.78 is 1.09. The molecule has 0 saturated carbocycles. The van der Waals surface area contributed by atoms with Crippen LogP contribution in [-0.2, 0) is 0 Å². The summed E-state index contributed by atoms with van der Waals surface area (Å²) in [5.41, 5.74) is 1.53. The van der Waals surface area contributed by atoms with E-state index in [-0.39, 0.29) is 5.56 Å².